The Balaban J connectivity index is 2.23. The molecule has 0 aromatic heterocycles. The molecule has 3 nitrogen and oxygen atoms in total. The molecular weight excluding hydrogens is 248 g/mol. The van der Waals surface area contributed by atoms with Crippen LogP contribution in [0.3, 0.4) is 0 Å². The van der Waals surface area contributed by atoms with Gasteiger partial charge in [-0.25, -0.2) is 0 Å². The van der Waals surface area contributed by atoms with Gasteiger partial charge in [0.2, 0.25) is 0 Å². The Kier molecular flexibility index (Phi) is 8.49. The van der Waals surface area contributed by atoms with Crippen LogP contribution in [0, 0.1) is 17.2 Å². The second kappa shape index (κ2) is 10.3. The van der Waals surface area contributed by atoms with E-state index in [9.17, 15) is 0 Å². The highest BCUT2D eigenvalue weighted by molar-refractivity contribution is 5.28. The molecule has 0 spiro atoms. The number of rotatable bonds is 10. The van der Waals surface area contributed by atoms with Crippen LogP contribution in [-0.4, -0.2) is 13.2 Å². The van der Waals surface area contributed by atoms with Gasteiger partial charge in [0.1, 0.15) is 5.75 Å². The van der Waals surface area contributed by atoms with Crippen LogP contribution in [0.25, 0.3) is 0 Å². The molecule has 110 valence electrons. The summed E-state index contributed by atoms with van der Waals surface area (Å²) in [7, 11) is 0. The van der Waals surface area contributed by atoms with Gasteiger partial charge in [-0.1, -0.05) is 26.0 Å². The summed E-state index contributed by atoms with van der Waals surface area (Å²) in [5.41, 5.74) is 1.24. The zero-order valence-electron chi connectivity index (χ0n) is 12.7. The zero-order valence-corrected chi connectivity index (χ0v) is 12.7. The number of hydrogen-bond acceptors (Lipinski definition) is 3. The van der Waals surface area contributed by atoms with Crippen LogP contribution in [0.2, 0.25) is 0 Å². The summed E-state index contributed by atoms with van der Waals surface area (Å²) in [6, 6.07) is 10.3. The number of nitriles is 1. The fraction of sp³-hybridized carbons (Fsp3) is 0.588. The normalized spacial score (nSPS) is 10.5. The fourth-order valence-corrected chi connectivity index (χ4v) is 1.95. The van der Waals surface area contributed by atoms with Gasteiger partial charge in [0.25, 0.3) is 0 Å². The lowest BCUT2D eigenvalue weighted by Gasteiger charge is -2.09. The van der Waals surface area contributed by atoms with Crippen LogP contribution < -0.4 is 10.1 Å². The fourth-order valence-electron chi connectivity index (χ4n) is 1.95. The molecule has 0 heterocycles. The molecule has 20 heavy (non-hydrogen) atoms. The smallest absolute Gasteiger partial charge is 0.119 e. The Morgan fingerprint density at radius 3 is 2.90 bits per heavy atom. The SMILES string of the molecule is CC(C)CCCNCc1cccc(OCCCC#N)c1. The van der Waals surface area contributed by atoms with Gasteiger partial charge in [0.05, 0.1) is 12.7 Å². The third-order valence-electron chi connectivity index (χ3n) is 3.06. The van der Waals surface area contributed by atoms with Gasteiger partial charge < -0.3 is 10.1 Å². The summed E-state index contributed by atoms with van der Waals surface area (Å²) >= 11 is 0. The summed E-state index contributed by atoms with van der Waals surface area (Å²) in [5.74, 6) is 1.67. The maximum absolute atomic E-state index is 8.47. The number of benzene rings is 1. The topological polar surface area (TPSA) is 45.0 Å². The standard InChI is InChI=1S/C17H26N2O/c1-15(2)7-6-11-19-14-16-8-5-9-17(13-16)20-12-4-3-10-18/h5,8-9,13,15,19H,3-4,6-7,11-12,14H2,1-2H3. The van der Waals surface area contributed by atoms with E-state index in [-0.39, 0.29) is 0 Å². The van der Waals surface area contributed by atoms with Crippen molar-refractivity contribution in [3.8, 4) is 11.8 Å². The lowest BCUT2D eigenvalue weighted by molar-refractivity contribution is 0.312. The first-order chi connectivity index (χ1) is 9.72. The lowest BCUT2D eigenvalue weighted by atomic mass is 10.1. The molecule has 0 aliphatic heterocycles. The third-order valence-corrected chi connectivity index (χ3v) is 3.06. The molecule has 0 fully saturated rings. The van der Waals surface area contributed by atoms with Crippen molar-refractivity contribution in [1.29, 1.82) is 5.26 Å². The monoisotopic (exact) mass is 274 g/mol. The number of hydrogen-bond donors (Lipinski definition) is 1. The molecule has 1 N–H and O–H groups in total. The summed E-state index contributed by atoms with van der Waals surface area (Å²) < 4.78 is 5.63. The quantitative estimate of drug-likeness (QED) is 0.658. The van der Waals surface area contributed by atoms with Crippen LogP contribution in [0.1, 0.15) is 45.1 Å². The highest BCUT2D eigenvalue weighted by Gasteiger charge is 1.98. The highest BCUT2D eigenvalue weighted by Crippen LogP contribution is 2.13. The minimum Gasteiger partial charge on any atom is -0.494 e. The van der Waals surface area contributed by atoms with Gasteiger partial charge in [-0.15, -0.1) is 0 Å². The first-order valence-corrected chi connectivity index (χ1v) is 7.51. The molecule has 0 bridgehead atoms. The Labute approximate surface area is 123 Å². The Hall–Kier alpha value is -1.53. The summed E-state index contributed by atoms with van der Waals surface area (Å²) in [6.45, 7) is 7.07. The molecular formula is C17H26N2O. The molecule has 3 heteroatoms. The zero-order chi connectivity index (χ0) is 14.6. The second-order valence-corrected chi connectivity index (χ2v) is 5.47. The van der Waals surface area contributed by atoms with Gasteiger partial charge in [0, 0.05) is 13.0 Å². The van der Waals surface area contributed by atoms with Crippen molar-refractivity contribution < 1.29 is 4.74 Å². The van der Waals surface area contributed by atoms with E-state index in [1.54, 1.807) is 0 Å². The van der Waals surface area contributed by atoms with Gasteiger partial charge in [0.15, 0.2) is 0 Å². The predicted molar refractivity (Wildman–Crippen MR) is 82.6 cm³/mol. The molecule has 1 aromatic rings. The molecule has 0 saturated heterocycles. The molecule has 0 atom stereocenters. The summed E-state index contributed by atoms with van der Waals surface area (Å²) in [5, 5.41) is 11.9. The minimum absolute atomic E-state index is 0.553. The Bertz CT molecular complexity index is 410. The van der Waals surface area contributed by atoms with E-state index < -0.39 is 0 Å². The van der Waals surface area contributed by atoms with Crippen LogP contribution in [-0.2, 0) is 6.54 Å². The van der Waals surface area contributed by atoms with E-state index in [0.29, 0.717) is 13.0 Å². The predicted octanol–water partition coefficient (Wildman–Crippen LogP) is 3.89. The van der Waals surface area contributed by atoms with Crippen molar-refractivity contribution in [3.63, 3.8) is 0 Å². The second-order valence-electron chi connectivity index (χ2n) is 5.47. The summed E-state index contributed by atoms with van der Waals surface area (Å²) in [6.07, 6.45) is 3.84. The molecule has 0 aliphatic carbocycles. The van der Waals surface area contributed by atoms with E-state index in [4.69, 9.17) is 10.00 Å². The maximum atomic E-state index is 8.47. The maximum Gasteiger partial charge on any atom is 0.119 e. The van der Waals surface area contributed by atoms with E-state index in [1.165, 1.54) is 18.4 Å². The van der Waals surface area contributed by atoms with Crippen molar-refractivity contribution in [2.75, 3.05) is 13.2 Å². The third kappa shape index (κ3) is 7.81. The lowest BCUT2D eigenvalue weighted by Crippen LogP contribution is -2.15. The molecule has 0 unspecified atom stereocenters. The highest BCUT2D eigenvalue weighted by atomic mass is 16.5. The molecule has 0 saturated carbocycles. The first kappa shape index (κ1) is 16.5. The van der Waals surface area contributed by atoms with Crippen LogP contribution in [0.15, 0.2) is 24.3 Å². The van der Waals surface area contributed by atoms with E-state index in [1.807, 2.05) is 12.1 Å². The van der Waals surface area contributed by atoms with Gasteiger partial charge in [-0.2, -0.15) is 5.26 Å². The number of nitrogens with one attached hydrogen (secondary N) is 1. The first-order valence-electron chi connectivity index (χ1n) is 7.51. The average molecular weight is 274 g/mol. The van der Waals surface area contributed by atoms with E-state index in [2.05, 4.69) is 37.4 Å². The Morgan fingerprint density at radius 1 is 1.30 bits per heavy atom. The average Bonchev–Trinajstić information content (AvgIpc) is 2.43. The van der Waals surface area contributed by atoms with E-state index >= 15 is 0 Å². The molecule has 1 aromatic carbocycles. The minimum atomic E-state index is 0.553. The van der Waals surface area contributed by atoms with Crippen molar-refractivity contribution in [1.82, 2.24) is 5.32 Å². The van der Waals surface area contributed by atoms with Crippen molar-refractivity contribution in [2.24, 2.45) is 5.92 Å². The number of ether oxygens (including phenoxy) is 1. The van der Waals surface area contributed by atoms with Crippen molar-refractivity contribution >= 4 is 0 Å². The molecule has 0 aliphatic rings. The van der Waals surface area contributed by atoms with Gasteiger partial charge in [-0.3, -0.25) is 0 Å². The summed E-state index contributed by atoms with van der Waals surface area (Å²) in [4.78, 5) is 0. The van der Waals surface area contributed by atoms with Gasteiger partial charge in [-0.05, 0) is 49.4 Å². The molecule has 0 amide bonds. The van der Waals surface area contributed by atoms with Crippen LogP contribution >= 0.6 is 0 Å². The number of nitrogens with zero attached hydrogens (tertiary/aromatic N) is 1. The van der Waals surface area contributed by atoms with E-state index in [0.717, 1.165) is 31.2 Å². The largest absolute Gasteiger partial charge is 0.494 e. The van der Waals surface area contributed by atoms with Gasteiger partial charge >= 0.3 is 0 Å². The Morgan fingerprint density at radius 2 is 2.15 bits per heavy atom. The molecule has 0 radical (unpaired) electrons. The van der Waals surface area contributed by atoms with Crippen LogP contribution in [0.4, 0.5) is 0 Å². The molecule has 1 rings (SSSR count). The van der Waals surface area contributed by atoms with Crippen molar-refractivity contribution in [2.45, 2.75) is 46.1 Å². The number of unbranched alkanes of at least 4 members (excludes halogenated alkanes) is 1. The van der Waals surface area contributed by atoms with Crippen molar-refractivity contribution in [3.05, 3.63) is 29.8 Å². The van der Waals surface area contributed by atoms with Crippen LogP contribution in [0.5, 0.6) is 5.75 Å².